The van der Waals surface area contributed by atoms with Crippen molar-refractivity contribution in [1.29, 1.82) is 0 Å². The summed E-state index contributed by atoms with van der Waals surface area (Å²) in [4.78, 5) is 23.8. The number of nitrogens with one attached hydrogen (secondary N) is 1. The summed E-state index contributed by atoms with van der Waals surface area (Å²) in [7, 11) is 0. The van der Waals surface area contributed by atoms with Gasteiger partial charge in [0.2, 0.25) is 5.91 Å². The highest BCUT2D eigenvalue weighted by Gasteiger charge is 2.25. The number of piperidine rings is 1. The summed E-state index contributed by atoms with van der Waals surface area (Å²) in [5, 5.41) is 2.96. The molecule has 0 saturated carbocycles. The van der Waals surface area contributed by atoms with E-state index in [1.807, 2.05) is 24.3 Å². The van der Waals surface area contributed by atoms with Gasteiger partial charge in [-0.1, -0.05) is 24.3 Å². The van der Waals surface area contributed by atoms with E-state index in [1.165, 1.54) is 12.1 Å². The highest BCUT2D eigenvalue weighted by molar-refractivity contribution is 5.79. The smallest absolute Gasteiger partial charge is 0.223 e. The number of fused-ring (bicyclic) bond motifs is 1. The molecule has 0 radical (unpaired) electrons. The lowest BCUT2D eigenvalue weighted by atomic mass is 9.96. The molecule has 0 atom stereocenters. The Kier molecular flexibility index (Phi) is 4.96. The Hall–Kier alpha value is -3.02. The molecule has 1 aromatic heterocycles. The molecule has 3 aromatic rings. The molecule has 5 nitrogen and oxygen atoms in total. The second-order valence-corrected chi connectivity index (χ2v) is 6.82. The predicted octanol–water partition coefficient (Wildman–Crippen LogP) is 3.30. The van der Waals surface area contributed by atoms with E-state index in [-0.39, 0.29) is 17.6 Å². The van der Waals surface area contributed by atoms with Gasteiger partial charge in [0.15, 0.2) is 0 Å². The van der Waals surface area contributed by atoms with Crippen molar-refractivity contribution in [3.05, 3.63) is 66.1 Å². The van der Waals surface area contributed by atoms with Gasteiger partial charge in [0.1, 0.15) is 11.6 Å². The molecule has 1 aliphatic rings. The normalized spacial score (nSPS) is 15.1. The van der Waals surface area contributed by atoms with Gasteiger partial charge in [0.05, 0.1) is 17.2 Å². The first-order valence-electron chi connectivity index (χ1n) is 9.18. The third-order valence-electron chi connectivity index (χ3n) is 5.01. The monoisotopic (exact) mass is 364 g/mol. The summed E-state index contributed by atoms with van der Waals surface area (Å²) in [5.74, 6) is 0.645. The Morgan fingerprint density at radius 2 is 1.78 bits per heavy atom. The molecule has 2 heterocycles. The fraction of sp³-hybridized carbons (Fsp3) is 0.286. The molecule has 2 aromatic carbocycles. The van der Waals surface area contributed by atoms with Crippen molar-refractivity contribution in [1.82, 2.24) is 15.3 Å². The van der Waals surface area contributed by atoms with E-state index in [1.54, 1.807) is 18.3 Å². The lowest BCUT2D eigenvalue weighted by Gasteiger charge is -2.32. The van der Waals surface area contributed by atoms with E-state index in [0.29, 0.717) is 6.54 Å². The van der Waals surface area contributed by atoms with Crippen molar-refractivity contribution >= 4 is 22.8 Å². The maximum absolute atomic E-state index is 12.9. The first kappa shape index (κ1) is 17.4. The number of anilines is 1. The fourth-order valence-electron chi connectivity index (χ4n) is 3.41. The summed E-state index contributed by atoms with van der Waals surface area (Å²) in [6.45, 7) is 1.98. The molecule has 1 N–H and O–H groups in total. The maximum Gasteiger partial charge on any atom is 0.223 e. The zero-order valence-corrected chi connectivity index (χ0v) is 14.9. The van der Waals surface area contributed by atoms with Crippen LogP contribution in [-0.4, -0.2) is 29.0 Å². The van der Waals surface area contributed by atoms with Crippen molar-refractivity contribution in [3.63, 3.8) is 0 Å². The van der Waals surface area contributed by atoms with Crippen LogP contribution < -0.4 is 10.2 Å². The lowest BCUT2D eigenvalue weighted by Crippen LogP contribution is -2.40. The molecule has 138 valence electrons. The van der Waals surface area contributed by atoms with Crippen LogP contribution in [0.2, 0.25) is 0 Å². The molecule has 0 bridgehead atoms. The number of halogens is 1. The molecule has 1 aliphatic heterocycles. The molecule has 0 unspecified atom stereocenters. The number of para-hydroxylation sites is 2. The number of hydrogen-bond donors (Lipinski definition) is 1. The van der Waals surface area contributed by atoms with Crippen molar-refractivity contribution < 1.29 is 9.18 Å². The number of benzene rings is 2. The van der Waals surface area contributed by atoms with E-state index in [2.05, 4.69) is 20.2 Å². The Morgan fingerprint density at radius 3 is 2.52 bits per heavy atom. The van der Waals surface area contributed by atoms with E-state index >= 15 is 0 Å². The van der Waals surface area contributed by atoms with Gasteiger partial charge in [0.25, 0.3) is 0 Å². The average Bonchev–Trinajstić information content (AvgIpc) is 2.73. The van der Waals surface area contributed by atoms with Crippen molar-refractivity contribution in [2.45, 2.75) is 19.4 Å². The Bertz CT molecular complexity index is 936. The first-order valence-corrected chi connectivity index (χ1v) is 9.18. The second-order valence-electron chi connectivity index (χ2n) is 6.82. The van der Waals surface area contributed by atoms with Gasteiger partial charge in [0, 0.05) is 25.6 Å². The van der Waals surface area contributed by atoms with Gasteiger partial charge < -0.3 is 10.2 Å². The Morgan fingerprint density at radius 1 is 1.07 bits per heavy atom. The summed E-state index contributed by atoms with van der Waals surface area (Å²) >= 11 is 0. The van der Waals surface area contributed by atoms with Crippen LogP contribution >= 0.6 is 0 Å². The van der Waals surface area contributed by atoms with Crippen LogP contribution in [0.25, 0.3) is 11.0 Å². The van der Waals surface area contributed by atoms with Crippen LogP contribution in [0, 0.1) is 11.7 Å². The molecule has 1 saturated heterocycles. The molecule has 0 spiro atoms. The molecule has 1 amide bonds. The number of carbonyl (C=O) groups is 1. The van der Waals surface area contributed by atoms with E-state index in [0.717, 1.165) is 48.3 Å². The topological polar surface area (TPSA) is 58.1 Å². The van der Waals surface area contributed by atoms with Crippen LogP contribution in [0.5, 0.6) is 0 Å². The molecule has 0 aliphatic carbocycles. The van der Waals surface area contributed by atoms with Gasteiger partial charge in [-0.15, -0.1) is 0 Å². The number of aromatic nitrogens is 2. The quantitative estimate of drug-likeness (QED) is 0.772. The third-order valence-corrected chi connectivity index (χ3v) is 5.01. The molecular weight excluding hydrogens is 343 g/mol. The number of rotatable bonds is 4. The highest BCUT2D eigenvalue weighted by atomic mass is 19.1. The number of nitrogens with zero attached hydrogens (tertiary/aromatic N) is 3. The average molecular weight is 364 g/mol. The van der Waals surface area contributed by atoms with Crippen LogP contribution in [0.1, 0.15) is 18.4 Å². The minimum atomic E-state index is -0.269. The van der Waals surface area contributed by atoms with Gasteiger partial charge in [-0.2, -0.15) is 0 Å². The van der Waals surface area contributed by atoms with Crippen LogP contribution in [-0.2, 0) is 11.3 Å². The minimum absolute atomic E-state index is 0.00452. The zero-order valence-electron chi connectivity index (χ0n) is 14.9. The molecule has 6 heteroatoms. The molecule has 27 heavy (non-hydrogen) atoms. The zero-order chi connectivity index (χ0) is 18.6. The van der Waals surface area contributed by atoms with Crippen LogP contribution in [0.4, 0.5) is 10.2 Å². The first-order chi connectivity index (χ1) is 13.2. The van der Waals surface area contributed by atoms with Gasteiger partial charge in [-0.3, -0.25) is 9.78 Å². The summed E-state index contributed by atoms with van der Waals surface area (Å²) < 4.78 is 12.9. The van der Waals surface area contributed by atoms with E-state index in [9.17, 15) is 9.18 Å². The van der Waals surface area contributed by atoms with Gasteiger partial charge in [-0.05, 0) is 42.7 Å². The summed E-state index contributed by atoms with van der Waals surface area (Å²) in [5.41, 5.74) is 2.67. The standard InChI is InChI=1S/C21H21FN4O/c22-17-7-5-15(6-8-17)13-24-21(27)16-9-11-26(12-10-16)20-14-23-18-3-1-2-4-19(18)25-20/h1-8,14,16H,9-13H2,(H,24,27). The molecule has 4 rings (SSSR count). The molecule has 1 fully saturated rings. The van der Waals surface area contributed by atoms with Crippen molar-refractivity contribution in [3.8, 4) is 0 Å². The second kappa shape index (κ2) is 7.70. The Balaban J connectivity index is 1.32. The SMILES string of the molecule is O=C(NCc1ccc(F)cc1)C1CCN(c2cnc3ccccc3n2)CC1. The van der Waals surface area contributed by atoms with Gasteiger partial charge in [-0.25, -0.2) is 9.37 Å². The molecular formula is C21H21FN4O. The predicted molar refractivity (Wildman–Crippen MR) is 103 cm³/mol. The maximum atomic E-state index is 12.9. The number of carbonyl (C=O) groups excluding carboxylic acids is 1. The summed E-state index contributed by atoms with van der Waals surface area (Å²) in [6.07, 6.45) is 3.37. The van der Waals surface area contributed by atoms with Crippen molar-refractivity contribution in [2.75, 3.05) is 18.0 Å². The Labute approximate surface area is 157 Å². The van der Waals surface area contributed by atoms with E-state index < -0.39 is 0 Å². The lowest BCUT2D eigenvalue weighted by molar-refractivity contribution is -0.125. The highest BCUT2D eigenvalue weighted by Crippen LogP contribution is 2.23. The fourth-order valence-corrected chi connectivity index (χ4v) is 3.41. The van der Waals surface area contributed by atoms with Crippen LogP contribution in [0.3, 0.4) is 0 Å². The number of hydrogen-bond acceptors (Lipinski definition) is 4. The van der Waals surface area contributed by atoms with Crippen LogP contribution in [0.15, 0.2) is 54.7 Å². The van der Waals surface area contributed by atoms with Crippen molar-refractivity contribution in [2.24, 2.45) is 5.92 Å². The third kappa shape index (κ3) is 4.05. The number of amides is 1. The van der Waals surface area contributed by atoms with E-state index in [4.69, 9.17) is 0 Å². The summed E-state index contributed by atoms with van der Waals surface area (Å²) in [6, 6.07) is 14.0. The largest absolute Gasteiger partial charge is 0.355 e. The minimum Gasteiger partial charge on any atom is -0.355 e. The van der Waals surface area contributed by atoms with Gasteiger partial charge >= 0.3 is 0 Å².